The third-order valence-electron chi connectivity index (χ3n) is 2.84. The summed E-state index contributed by atoms with van der Waals surface area (Å²) in [5.41, 5.74) is 7.87. The number of aryl methyl sites for hydroxylation is 2. The fourth-order valence-corrected chi connectivity index (χ4v) is 2.43. The van der Waals surface area contributed by atoms with Crippen LogP contribution >= 0.6 is 15.9 Å². The van der Waals surface area contributed by atoms with Gasteiger partial charge in [-0.2, -0.15) is 0 Å². The minimum absolute atomic E-state index is 0.721. The first kappa shape index (κ1) is 12.6. The number of halogens is 1. The maximum Gasteiger partial charge on any atom is 0.109 e. The number of hydrogen-bond donors (Lipinski definition) is 1. The number of nitrogens with zero attached hydrogens (tertiary/aromatic N) is 2. The van der Waals surface area contributed by atoms with Crippen LogP contribution in [0, 0.1) is 0 Å². The number of nitrogens with two attached hydrogens (primary N) is 1. The summed E-state index contributed by atoms with van der Waals surface area (Å²) in [6.07, 6.45) is 3.08. The molecule has 0 aliphatic heterocycles. The Balaban J connectivity index is 2.45. The van der Waals surface area contributed by atoms with Crippen molar-refractivity contribution >= 4 is 27.0 Å². The molecule has 2 N–H and O–H groups in total. The van der Waals surface area contributed by atoms with Gasteiger partial charge in [0.25, 0.3) is 0 Å². The van der Waals surface area contributed by atoms with Gasteiger partial charge in [-0.05, 0) is 37.6 Å². The largest absolute Gasteiger partial charge is 0.330 e. The quantitative estimate of drug-likeness (QED) is 0.921. The predicted molar refractivity (Wildman–Crippen MR) is 75.1 cm³/mol. The minimum Gasteiger partial charge on any atom is -0.330 e. The number of fused-ring (bicyclic) bond motifs is 1. The number of rotatable bonds is 5. The van der Waals surface area contributed by atoms with Gasteiger partial charge in [0.1, 0.15) is 5.82 Å². The van der Waals surface area contributed by atoms with Gasteiger partial charge in [-0.25, -0.2) is 4.98 Å². The van der Waals surface area contributed by atoms with Gasteiger partial charge in [0.05, 0.1) is 11.0 Å². The van der Waals surface area contributed by atoms with Gasteiger partial charge in [0, 0.05) is 17.4 Å². The van der Waals surface area contributed by atoms with Gasteiger partial charge in [-0.3, -0.25) is 0 Å². The lowest BCUT2D eigenvalue weighted by atomic mass is 10.3. The van der Waals surface area contributed by atoms with Gasteiger partial charge in [-0.15, -0.1) is 0 Å². The van der Waals surface area contributed by atoms with Gasteiger partial charge in [-0.1, -0.05) is 22.9 Å². The molecule has 0 bridgehead atoms. The van der Waals surface area contributed by atoms with E-state index in [-0.39, 0.29) is 0 Å². The summed E-state index contributed by atoms with van der Waals surface area (Å²) in [5, 5.41) is 0. The molecule has 2 aromatic rings. The van der Waals surface area contributed by atoms with Crippen molar-refractivity contribution in [3.05, 3.63) is 28.5 Å². The molecule has 0 unspecified atom stereocenters. The Morgan fingerprint density at radius 3 is 2.94 bits per heavy atom. The monoisotopic (exact) mass is 295 g/mol. The molecule has 1 aromatic carbocycles. The molecule has 0 spiro atoms. The van der Waals surface area contributed by atoms with E-state index >= 15 is 0 Å². The summed E-state index contributed by atoms with van der Waals surface area (Å²) in [6.45, 7) is 3.94. The van der Waals surface area contributed by atoms with Gasteiger partial charge in [0.2, 0.25) is 0 Å². The Labute approximate surface area is 110 Å². The Morgan fingerprint density at radius 1 is 1.41 bits per heavy atom. The fourth-order valence-electron chi connectivity index (χ4n) is 2.08. The summed E-state index contributed by atoms with van der Waals surface area (Å²) >= 11 is 3.49. The molecular formula is C13H18BrN3. The zero-order valence-corrected chi connectivity index (χ0v) is 11.7. The number of benzene rings is 1. The predicted octanol–water partition coefficient (Wildman–Crippen LogP) is 3.10. The van der Waals surface area contributed by atoms with Crippen LogP contribution in [0.2, 0.25) is 0 Å². The van der Waals surface area contributed by atoms with Gasteiger partial charge >= 0.3 is 0 Å². The van der Waals surface area contributed by atoms with E-state index in [4.69, 9.17) is 10.7 Å². The van der Waals surface area contributed by atoms with Crippen LogP contribution in [0.5, 0.6) is 0 Å². The first-order valence-electron chi connectivity index (χ1n) is 6.11. The van der Waals surface area contributed by atoms with Gasteiger partial charge in [0.15, 0.2) is 0 Å². The van der Waals surface area contributed by atoms with Crippen LogP contribution in [0.3, 0.4) is 0 Å². The standard InChI is InChI=1S/C13H18BrN3/c1-2-8-17-12-6-5-10(14)9-11(12)16-13(17)4-3-7-15/h5-6,9H,2-4,7-8,15H2,1H3. The highest BCUT2D eigenvalue weighted by atomic mass is 79.9. The molecule has 0 atom stereocenters. The highest BCUT2D eigenvalue weighted by Gasteiger charge is 2.09. The van der Waals surface area contributed by atoms with E-state index in [1.165, 1.54) is 5.52 Å². The molecule has 1 heterocycles. The average Bonchev–Trinajstić information content (AvgIpc) is 2.64. The molecule has 92 valence electrons. The topological polar surface area (TPSA) is 43.8 Å². The van der Waals surface area contributed by atoms with E-state index in [9.17, 15) is 0 Å². The normalized spacial score (nSPS) is 11.2. The van der Waals surface area contributed by atoms with E-state index in [1.807, 2.05) is 0 Å². The summed E-state index contributed by atoms with van der Waals surface area (Å²) in [6, 6.07) is 6.28. The SMILES string of the molecule is CCCn1c(CCCN)nc2cc(Br)ccc21. The number of aromatic nitrogens is 2. The first-order valence-corrected chi connectivity index (χ1v) is 6.90. The van der Waals surface area contributed by atoms with E-state index in [0.717, 1.165) is 48.2 Å². The van der Waals surface area contributed by atoms with Crippen molar-refractivity contribution < 1.29 is 0 Å². The number of hydrogen-bond acceptors (Lipinski definition) is 2. The zero-order valence-electron chi connectivity index (χ0n) is 10.1. The maximum atomic E-state index is 5.57. The van der Waals surface area contributed by atoms with Crippen LogP contribution < -0.4 is 5.73 Å². The van der Waals surface area contributed by atoms with Crippen molar-refractivity contribution in [3.8, 4) is 0 Å². The van der Waals surface area contributed by atoms with Crippen LogP contribution in [-0.2, 0) is 13.0 Å². The summed E-state index contributed by atoms with van der Waals surface area (Å²) < 4.78 is 3.40. The Bertz CT molecular complexity index is 505. The van der Waals surface area contributed by atoms with E-state index in [0.29, 0.717) is 0 Å². The molecule has 4 heteroatoms. The zero-order chi connectivity index (χ0) is 12.3. The molecular weight excluding hydrogens is 278 g/mol. The van der Waals surface area contributed by atoms with Crippen LogP contribution in [0.15, 0.2) is 22.7 Å². The summed E-state index contributed by atoms with van der Waals surface area (Å²) in [4.78, 5) is 4.71. The molecule has 0 amide bonds. The lowest BCUT2D eigenvalue weighted by molar-refractivity contribution is 0.639. The lowest BCUT2D eigenvalue weighted by Crippen LogP contribution is -2.07. The molecule has 0 aliphatic rings. The van der Waals surface area contributed by atoms with E-state index in [2.05, 4.69) is 45.6 Å². The van der Waals surface area contributed by atoms with Crippen molar-refractivity contribution in [2.45, 2.75) is 32.7 Å². The second kappa shape index (κ2) is 5.65. The van der Waals surface area contributed by atoms with E-state index < -0.39 is 0 Å². The van der Waals surface area contributed by atoms with Crippen molar-refractivity contribution in [2.24, 2.45) is 5.73 Å². The third-order valence-corrected chi connectivity index (χ3v) is 3.33. The second-order valence-corrected chi connectivity index (χ2v) is 5.12. The first-order chi connectivity index (χ1) is 8.26. The molecule has 0 saturated carbocycles. The van der Waals surface area contributed by atoms with Gasteiger partial charge < -0.3 is 10.3 Å². The van der Waals surface area contributed by atoms with Crippen LogP contribution in [-0.4, -0.2) is 16.1 Å². The summed E-state index contributed by atoms with van der Waals surface area (Å²) in [7, 11) is 0. The van der Waals surface area contributed by atoms with Crippen LogP contribution in [0.1, 0.15) is 25.6 Å². The third kappa shape index (κ3) is 2.69. The summed E-state index contributed by atoms with van der Waals surface area (Å²) in [5.74, 6) is 1.16. The Hall–Kier alpha value is -0.870. The lowest BCUT2D eigenvalue weighted by Gasteiger charge is -2.06. The molecule has 0 aliphatic carbocycles. The molecule has 17 heavy (non-hydrogen) atoms. The van der Waals surface area contributed by atoms with Crippen LogP contribution in [0.4, 0.5) is 0 Å². The van der Waals surface area contributed by atoms with Crippen molar-refractivity contribution in [2.75, 3.05) is 6.54 Å². The maximum absolute atomic E-state index is 5.57. The minimum atomic E-state index is 0.721. The average molecular weight is 296 g/mol. The smallest absolute Gasteiger partial charge is 0.109 e. The van der Waals surface area contributed by atoms with Crippen molar-refractivity contribution in [1.82, 2.24) is 9.55 Å². The molecule has 0 fully saturated rings. The Morgan fingerprint density at radius 2 is 2.24 bits per heavy atom. The molecule has 0 saturated heterocycles. The second-order valence-electron chi connectivity index (χ2n) is 4.20. The molecule has 0 radical (unpaired) electrons. The Kier molecular flexibility index (Phi) is 4.18. The van der Waals surface area contributed by atoms with Crippen molar-refractivity contribution in [1.29, 1.82) is 0 Å². The molecule has 2 rings (SSSR count). The molecule has 3 nitrogen and oxygen atoms in total. The number of imidazole rings is 1. The highest BCUT2D eigenvalue weighted by Crippen LogP contribution is 2.21. The highest BCUT2D eigenvalue weighted by molar-refractivity contribution is 9.10. The van der Waals surface area contributed by atoms with Crippen molar-refractivity contribution in [3.63, 3.8) is 0 Å². The fraction of sp³-hybridized carbons (Fsp3) is 0.462. The molecule has 1 aromatic heterocycles. The van der Waals surface area contributed by atoms with Crippen LogP contribution in [0.25, 0.3) is 11.0 Å². The van der Waals surface area contributed by atoms with E-state index in [1.54, 1.807) is 0 Å².